The Bertz CT molecular complexity index is 477. The Balaban J connectivity index is 2.80. The molecular weight excluding hydrogens is 174 g/mol. The molecule has 3 heteroatoms. The van der Waals surface area contributed by atoms with Crippen LogP contribution in [0.1, 0.15) is 24.0 Å². The van der Waals surface area contributed by atoms with E-state index in [9.17, 15) is 0 Å². The van der Waals surface area contributed by atoms with Crippen LogP contribution in [0.2, 0.25) is 0 Å². The predicted molar refractivity (Wildman–Crippen MR) is 56.2 cm³/mol. The lowest BCUT2D eigenvalue weighted by Crippen LogP contribution is -1.96. The van der Waals surface area contributed by atoms with Gasteiger partial charge in [-0.1, -0.05) is 6.92 Å². The van der Waals surface area contributed by atoms with Crippen molar-refractivity contribution in [2.45, 2.75) is 27.2 Å². The van der Waals surface area contributed by atoms with Crippen molar-refractivity contribution in [3.63, 3.8) is 0 Å². The van der Waals surface area contributed by atoms with Crippen molar-refractivity contribution in [2.24, 2.45) is 0 Å². The molecule has 2 heterocycles. The molecule has 0 radical (unpaired) electrons. The number of nitrogens with zero attached hydrogens (tertiary/aromatic N) is 3. The molecule has 0 unspecified atom stereocenters. The summed E-state index contributed by atoms with van der Waals surface area (Å²) in [4.78, 5) is 13.1. The molecule has 0 bridgehead atoms. The molecule has 14 heavy (non-hydrogen) atoms. The van der Waals surface area contributed by atoms with Crippen LogP contribution in [-0.4, -0.2) is 15.0 Å². The number of hydrogen-bond donors (Lipinski definition) is 0. The number of fused-ring (bicyclic) bond motifs is 1. The summed E-state index contributed by atoms with van der Waals surface area (Å²) < 4.78 is 0. The number of rotatable bonds is 1. The largest absolute Gasteiger partial charge is 0.260 e. The van der Waals surface area contributed by atoms with Crippen LogP contribution in [0, 0.1) is 13.8 Å². The zero-order valence-electron chi connectivity index (χ0n) is 8.70. The molecule has 0 spiro atoms. The predicted octanol–water partition coefficient (Wildman–Crippen LogP) is 2.20. The molecular formula is C11H13N3. The van der Waals surface area contributed by atoms with Crippen LogP contribution in [0.5, 0.6) is 0 Å². The molecule has 0 saturated heterocycles. The second kappa shape index (κ2) is 3.33. The summed E-state index contributed by atoms with van der Waals surface area (Å²) >= 11 is 0. The van der Waals surface area contributed by atoms with Crippen LogP contribution < -0.4 is 0 Å². The Morgan fingerprint density at radius 2 is 1.93 bits per heavy atom. The molecule has 2 rings (SSSR count). The monoisotopic (exact) mass is 187 g/mol. The lowest BCUT2D eigenvalue weighted by Gasteiger charge is -2.04. The van der Waals surface area contributed by atoms with Gasteiger partial charge in [-0.05, 0) is 19.4 Å². The summed E-state index contributed by atoms with van der Waals surface area (Å²) in [5.74, 6) is 0.895. The minimum absolute atomic E-state index is 0.872. The molecule has 0 fully saturated rings. The zero-order valence-corrected chi connectivity index (χ0v) is 8.70. The zero-order chi connectivity index (χ0) is 10.1. The molecule has 0 N–H and O–H groups in total. The maximum atomic E-state index is 4.50. The van der Waals surface area contributed by atoms with Gasteiger partial charge in [0.25, 0.3) is 0 Å². The molecule has 0 aliphatic heterocycles. The van der Waals surface area contributed by atoms with Crippen molar-refractivity contribution in [1.29, 1.82) is 0 Å². The summed E-state index contributed by atoms with van der Waals surface area (Å²) in [6.07, 6.45) is 4.61. The van der Waals surface area contributed by atoms with E-state index in [1.807, 2.05) is 26.2 Å². The first-order chi connectivity index (χ1) is 6.72. The van der Waals surface area contributed by atoms with Crippen LogP contribution in [0.4, 0.5) is 0 Å². The van der Waals surface area contributed by atoms with E-state index in [0.29, 0.717) is 0 Å². The van der Waals surface area contributed by atoms with E-state index in [0.717, 1.165) is 34.4 Å². The number of hydrogen-bond acceptors (Lipinski definition) is 3. The molecule has 2 aromatic heterocycles. The lowest BCUT2D eigenvalue weighted by molar-refractivity contribution is 0.955. The van der Waals surface area contributed by atoms with Gasteiger partial charge in [-0.25, -0.2) is 9.97 Å². The van der Waals surface area contributed by atoms with E-state index >= 15 is 0 Å². The fourth-order valence-corrected chi connectivity index (χ4v) is 1.48. The van der Waals surface area contributed by atoms with E-state index < -0.39 is 0 Å². The van der Waals surface area contributed by atoms with Gasteiger partial charge in [0.2, 0.25) is 0 Å². The highest BCUT2D eigenvalue weighted by atomic mass is 14.9. The standard InChI is InChI=1S/C11H13N3/c1-4-10-13-6-9-8(3)12-5-7(2)11(9)14-10/h5-6H,4H2,1-3H3. The third-order valence-electron chi connectivity index (χ3n) is 2.37. The highest BCUT2D eigenvalue weighted by molar-refractivity contribution is 5.82. The molecule has 3 nitrogen and oxygen atoms in total. The van der Waals surface area contributed by atoms with Gasteiger partial charge >= 0.3 is 0 Å². The minimum atomic E-state index is 0.872. The fraction of sp³-hybridized carbons (Fsp3) is 0.364. The van der Waals surface area contributed by atoms with Gasteiger partial charge in [0, 0.05) is 29.9 Å². The van der Waals surface area contributed by atoms with Crippen molar-refractivity contribution < 1.29 is 0 Å². The van der Waals surface area contributed by atoms with Crippen molar-refractivity contribution in [2.75, 3.05) is 0 Å². The van der Waals surface area contributed by atoms with Crippen LogP contribution in [-0.2, 0) is 6.42 Å². The molecule has 0 saturated carbocycles. The van der Waals surface area contributed by atoms with Crippen molar-refractivity contribution in [1.82, 2.24) is 15.0 Å². The quantitative estimate of drug-likeness (QED) is 0.687. The maximum absolute atomic E-state index is 4.50. The topological polar surface area (TPSA) is 38.7 Å². The first kappa shape index (κ1) is 9.06. The molecule has 72 valence electrons. The lowest BCUT2D eigenvalue weighted by atomic mass is 10.2. The van der Waals surface area contributed by atoms with Gasteiger partial charge < -0.3 is 0 Å². The van der Waals surface area contributed by atoms with Gasteiger partial charge in [0.15, 0.2) is 0 Å². The second-order valence-electron chi connectivity index (χ2n) is 3.43. The second-order valence-corrected chi connectivity index (χ2v) is 3.43. The molecule has 0 atom stereocenters. The first-order valence-corrected chi connectivity index (χ1v) is 4.80. The first-order valence-electron chi connectivity index (χ1n) is 4.80. The van der Waals surface area contributed by atoms with Gasteiger partial charge in [0.1, 0.15) is 5.82 Å². The van der Waals surface area contributed by atoms with Crippen molar-refractivity contribution in [3.8, 4) is 0 Å². The molecule has 0 aliphatic carbocycles. The Morgan fingerprint density at radius 1 is 1.14 bits per heavy atom. The summed E-state index contributed by atoms with van der Waals surface area (Å²) in [6.45, 7) is 6.07. The smallest absolute Gasteiger partial charge is 0.128 e. The molecule has 2 aromatic rings. The average Bonchev–Trinajstić information content (AvgIpc) is 2.23. The van der Waals surface area contributed by atoms with Crippen LogP contribution >= 0.6 is 0 Å². The number of aromatic nitrogens is 3. The Labute approximate surface area is 83.2 Å². The summed E-state index contributed by atoms with van der Waals surface area (Å²) in [5, 5.41) is 1.06. The van der Waals surface area contributed by atoms with E-state index in [2.05, 4.69) is 21.9 Å². The summed E-state index contributed by atoms with van der Waals surface area (Å²) in [5.41, 5.74) is 3.14. The van der Waals surface area contributed by atoms with Crippen LogP contribution in [0.15, 0.2) is 12.4 Å². The SMILES string of the molecule is CCc1ncc2c(C)ncc(C)c2n1. The highest BCUT2D eigenvalue weighted by Gasteiger charge is 2.04. The fourth-order valence-electron chi connectivity index (χ4n) is 1.48. The highest BCUT2D eigenvalue weighted by Crippen LogP contribution is 2.17. The summed E-state index contributed by atoms with van der Waals surface area (Å²) in [7, 11) is 0. The average molecular weight is 187 g/mol. The minimum Gasteiger partial charge on any atom is -0.260 e. The van der Waals surface area contributed by atoms with E-state index in [1.165, 1.54) is 0 Å². The molecule has 0 aromatic carbocycles. The van der Waals surface area contributed by atoms with Crippen LogP contribution in [0.3, 0.4) is 0 Å². The van der Waals surface area contributed by atoms with Gasteiger partial charge in [-0.2, -0.15) is 0 Å². The van der Waals surface area contributed by atoms with Crippen molar-refractivity contribution in [3.05, 3.63) is 29.5 Å². The van der Waals surface area contributed by atoms with E-state index in [1.54, 1.807) is 0 Å². The Kier molecular flexibility index (Phi) is 2.15. The van der Waals surface area contributed by atoms with E-state index in [4.69, 9.17) is 0 Å². The third kappa shape index (κ3) is 1.35. The van der Waals surface area contributed by atoms with Gasteiger partial charge in [-0.15, -0.1) is 0 Å². The number of pyridine rings is 1. The van der Waals surface area contributed by atoms with Gasteiger partial charge in [0.05, 0.1) is 5.52 Å². The Morgan fingerprint density at radius 3 is 2.64 bits per heavy atom. The maximum Gasteiger partial charge on any atom is 0.128 e. The van der Waals surface area contributed by atoms with E-state index in [-0.39, 0.29) is 0 Å². The third-order valence-corrected chi connectivity index (χ3v) is 2.37. The summed E-state index contributed by atoms with van der Waals surface area (Å²) in [6, 6.07) is 0. The Hall–Kier alpha value is -1.51. The molecule has 0 aliphatic rings. The normalized spacial score (nSPS) is 10.8. The van der Waals surface area contributed by atoms with Crippen molar-refractivity contribution >= 4 is 10.9 Å². The number of aryl methyl sites for hydroxylation is 3. The van der Waals surface area contributed by atoms with Crippen LogP contribution in [0.25, 0.3) is 10.9 Å². The molecule has 0 amide bonds. The van der Waals surface area contributed by atoms with Gasteiger partial charge in [-0.3, -0.25) is 4.98 Å².